The lowest BCUT2D eigenvalue weighted by molar-refractivity contribution is 0.617. The van der Waals surface area contributed by atoms with Gasteiger partial charge in [0.05, 0.1) is 0 Å². The number of hydrogen-bond donors (Lipinski definition) is 0. The summed E-state index contributed by atoms with van der Waals surface area (Å²) in [5.41, 5.74) is 0.953. The van der Waals surface area contributed by atoms with Gasteiger partial charge < -0.3 is 0 Å². The average Bonchev–Trinajstić information content (AvgIpc) is 1.88. The minimum Gasteiger partial charge on any atom is -0.208 e. The minimum atomic E-state index is -3.49. The average molecular weight is 195 g/mol. The van der Waals surface area contributed by atoms with Crippen LogP contribution in [0, 0.1) is 0 Å². The van der Waals surface area contributed by atoms with Crippen molar-refractivity contribution in [1.29, 1.82) is 0 Å². The first-order valence-electron chi connectivity index (χ1n) is 3.27. The van der Waals surface area contributed by atoms with Crippen LogP contribution in [-0.2, 0) is 9.05 Å². The van der Waals surface area contributed by atoms with E-state index in [0.717, 1.165) is 17.4 Å². The molecular formula is C7H11ClO2S. The Morgan fingerprint density at radius 1 is 1.55 bits per heavy atom. The quantitative estimate of drug-likeness (QED) is 0.511. The molecule has 0 atom stereocenters. The van der Waals surface area contributed by atoms with Crippen LogP contribution in [0.2, 0.25) is 0 Å². The van der Waals surface area contributed by atoms with E-state index in [1.807, 2.05) is 19.9 Å². The number of halogens is 1. The maximum Gasteiger partial charge on any atom is 0.254 e. The second kappa shape index (κ2) is 4.57. The van der Waals surface area contributed by atoms with E-state index in [0.29, 0.717) is 0 Å². The van der Waals surface area contributed by atoms with Gasteiger partial charge in [0.2, 0.25) is 0 Å². The van der Waals surface area contributed by atoms with Crippen LogP contribution in [-0.4, -0.2) is 8.42 Å². The Kier molecular flexibility index (Phi) is 4.45. The largest absolute Gasteiger partial charge is 0.254 e. The van der Waals surface area contributed by atoms with E-state index < -0.39 is 9.05 Å². The lowest BCUT2D eigenvalue weighted by Crippen LogP contribution is -1.80. The van der Waals surface area contributed by atoms with E-state index in [2.05, 4.69) is 0 Å². The molecule has 0 aromatic heterocycles. The predicted molar refractivity (Wildman–Crippen MR) is 48.0 cm³/mol. The number of hydrogen-bond acceptors (Lipinski definition) is 2. The summed E-state index contributed by atoms with van der Waals surface area (Å²) >= 11 is 0. The van der Waals surface area contributed by atoms with Crippen LogP contribution < -0.4 is 0 Å². The summed E-state index contributed by atoms with van der Waals surface area (Å²) in [7, 11) is 1.46. The van der Waals surface area contributed by atoms with Crippen molar-refractivity contribution in [2.24, 2.45) is 0 Å². The number of allylic oxidation sites excluding steroid dienone is 3. The smallest absolute Gasteiger partial charge is 0.208 e. The SMILES string of the molecule is C/C=C(\C=C/S(=O)(=O)Cl)CC. The Bertz CT molecular complexity index is 262. The van der Waals surface area contributed by atoms with E-state index in [9.17, 15) is 8.42 Å². The third-order valence-electron chi connectivity index (χ3n) is 1.22. The van der Waals surface area contributed by atoms with Crippen molar-refractivity contribution in [2.75, 3.05) is 0 Å². The zero-order valence-electron chi connectivity index (χ0n) is 6.54. The van der Waals surface area contributed by atoms with Gasteiger partial charge in [-0.15, -0.1) is 0 Å². The molecule has 0 aliphatic heterocycles. The van der Waals surface area contributed by atoms with Gasteiger partial charge in [-0.05, 0) is 19.4 Å². The van der Waals surface area contributed by atoms with Gasteiger partial charge in [0.25, 0.3) is 9.05 Å². The van der Waals surface area contributed by atoms with Gasteiger partial charge in [-0.2, -0.15) is 0 Å². The maximum absolute atomic E-state index is 10.4. The number of rotatable bonds is 3. The zero-order chi connectivity index (χ0) is 8.91. The molecule has 0 fully saturated rings. The molecule has 0 bridgehead atoms. The van der Waals surface area contributed by atoms with Crippen molar-refractivity contribution in [3.8, 4) is 0 Å². The van der Waals surface area contributed by atoms with Gasteiger partial charge >= 0.3 is 0 Å². The highest BCUT2D eigenvalue weighted by atomic mass is 35.7. The molecule has 11 heavy (non-hydrogen) atoms. The second-order valence-electron chi connectivity index (χ2n) is 2.00. The molecule has 0 amide bonds. The molecule has 0 heterocycles. The van der Waals surface area contributed by atoms with Crippen LogP contribution >= 0.6 is 10.7 Å². The Morgan fingerprint density at radius 2 is 2.09 bits per heavy atom. The normalized spacial score (nSPS) is 14.3. The molecule has 0 saturated heterocycles. The summed E-state index contributed by atoms with van der Waals surface area (Å²) in [5, 5.41) is 0.993. The van der Waals surface area contributed by atoms with Crippen molar-refractivity contribution in [2.45, 2.75) is 20.3 Å². The highest BCUT2D eigenvalue weighted by Crippen LogP contribution is 2.05. The second-order valence-corrected chi connectivity index (χ2v) is 4.51. The fourth-order valence-corrected chi connectivity index (χ4v) is 1.08. The first-order valence-corrected chi connectivity index (χ1v) is 5.64. The van der Waals surface area contributed by atoms with Gasteiger partial charge in [0.1, 0.15) is 0 Å². The molecule has 0 spiro atoms. The Hall–Kier alpha value is -0.280. The third kappa shape index (κ3) is 6.13. The highest BCUT2D eigenvalue weighted by Gasteiger charge is 1.96. The lowest BCUT2D eigenvalue weighted by Gasteiger charge is -1.91. The van der Waals surface area contributed by atoms with Gasteiger partial charge in [0.15, 0.2) is 0 Å². The fourth-order valence-electron chi connectivity index (χ4n) is 0.587. The van der Waals surface area contributed by atoms with E-state index in [1.165, 1.54) is 6.08 Å². The third-order valence-corrected chi connectivity index (χ3v) is 1.99. The fraction of sp³-hybridized carbons (Fsp3) is 0.429. The summed E-state index contributed by atoms with van der Waals surface area (Å²) < 4.78 is 20.8. The van der Waals surface area contributed by atoms with Crippen molar-refractivity contribution in [3.63, 3.8) is 0 Å². The van der Waals surface area contributed by atoms with Crippen LogP contribution in [0.25, 0.3) is 0 Å². The summed E-state index contributed by atoms with van der Waals surface area (Å²) in [5.74, 6) is 0. The van der Waals surface area contributed by atoms with Crippen LogP contribution in [0.15, 0.2) is 23.1 Å². The van der Waals surface area contributed by atoms with E-state index in [-0.39, 0.29) is 0 Å². The Balaban J connectivity index is 4.37. The topological polar surface area (TPSA) is 34.1 Å². The van der Waals surface area contributed by atoms with Crippen LogP contribution in [0.1, 0.15) is 20.3 Å². The lowest BCUT2D eigenvalue weighted by atomic mass is 10.2. The summed E-state index contributed by atoms with van der Waals surface area (Å²) in [6.07, 6.45) is 4.15. The molecule has 0 aromatic carbocycles. The molecule has 0 aromatic rings. The molecule has 0 rings (SSSR count). The predicted octanol–water partition coefficient (Wildman–Crippen LogP) is 2.43. The summed E-state index contributed by atoms with van der Waals surface area (Å²) in [4.78, 5) is 0. The first-order chi connectivity index (χ1) is 4.99. The maximum atomic E-state index is 10.4. The molecule has 0 N–H and O–H groups in total. The Labute approximate surface area is 72.0 Å². The summed E-state index contributed by atoms with van der Waals surface area (Å²) in [6.45, 7) is 3.80. The first kappa shape index (κ1) is 10.7. The standard InChI is InChI=1S/C7H11ClO2S/c1-3-7(4-2)5-6-11(8,9)10/h3,5-6H,4H2,1-2H3/b6-5-,7-3-. The minimum absolute atomic E-state index is 0.805. The Morgan fingerprint density at radius 3 is 2.36 bits per heavy atom. The van der Waals surface area contributed by atoms with Gasteiger partial charge in [-0.25, -0.2) is 8.42 Å². The van der Waals surface area contributed by atoms with Crippen LogP contribution in [0.5, 0.6) is 0 Å². The molecule has 2 nitrogen and oxygen atoms in total. The van der Waals surface area contributed by atoms with Gasteiger partial charge in [-0.1, -0.05) is 18.6 Å². The van der Waals surface area contributed by atoms with E-state index in [4.69, 9.17) is 10.7 Å². The molecule has 0 aliphatic carbocycles. The summed E-state index contributed by atoms with van der Waals surface area (Å²) in [6, 6.07) is 0. The highest BCUT2D eigenvalue weighted by molar-refractivity contribution is 8.16. The van der Waals surface area contributed by atoms with Crippen molar-refractivity contribution >= 4 is 19.7 Å². The van der Waals surface area contributed by atoms with Crippen LogP contribution in [0.4, 0.5) is 0 Å². The van der Waals surface area contributed by atoms with E-state index in [1.54, 1.807) is 0 Å². The van der Waals surface area contributed by atoms with Crippen molar-refractivity contribution in [3.05, 3.63) is 23.1 Å². The molecule has 64 valence electrons. The molecule has 0 saturated carbocycles. The van der Waals surface area contributed by atoms with Gasteiger partial charge in [-0.3, -0.25) is 0 Å². The van der Waals surface area contributed by atoms with Crippen LogP contribution in [0.3, 0.4) is 0 Å². The molecule has 0 radical (unpaired) electrons. The molecule has 0 unspecified atom stereocenters. The van der Waals surface area contributed by atoms with Gasteiger partial charge in [0, 0.05) is 16.1 Å². The van der Waals surface area contributed by atoms with E-state index >= 15 is 0 Å². The van der Waals surface area contributed by atoms with Crippen molar-refractivity contribution in [1.82, 2.24) is 0 Å². The zero-order valence-corrected chi connectivity index (χ0v) is 8.11. The monoisotopic (exact) mass is 194 g/mol. The molecule has 4 heteroatoms. The van der Waals surface area contributed by atoms with Crippen molar-refractivity contribution < 1.29 is 8.42 Å². The molecular weight excluding hydrogens is 184 g/mol. The molecule has 0 aliphatic rings.